The Morgan fingerprint density at radius 3 is 2.36 bits per heavy atom. The Bertz CT molecular complexity index is 867. The van der Waals surface area contributed by atoms with Crippen molar-refractivity contribution in [2.24, 2.45) is 0 Å². The minimum Gasteiger partial charge on any atom is -0.454 e. The van der Waals surface area contributed by atoms with Crippen molar-refractivity contribution in [3.8, 4) is 5.69 Å². The number of carbonyl (C=O) groups excluding carboxylic acids is 1. The molecule has 0 N–H and O–H groups in total. The number of ether oxygens (including phenoxy) is 1. The summed E-state index contributed by atoms with van der Waals surface area (Å²) in [6.45, 7) is 5.35. The van der Waals surface area contributed by atoms with Crippen molar-refractivity contribution in [3.63, 3.8) is 0 Å². The maximum Gasteiger partial charge on any atom is 0.333 e. The number of aromatic nitrogens is 2. The van der Waals surface area contributed by atoms with Gasteiger partial charge in [-0.05, 0) is 24.6 Å². The van der Waals surface area contributed by atoms with E-state index >= 15 is 0 Å². The first-order valence-electron chi connectivity index (χ1n) is 8.12. The van der Waals surface area contributed by atoms with Gasteiger partial charge in [-0.3, -0.25) is 4.57 Å². The number of hydrogen-bond acceptors (Lipinski definition) is 3. The lowest BCUT2D eigenvalue weighted by Crippen LogP contribution is -2.11. The summed E-state index contributed by atoms with van der Waals surface area (Å²) in [4.78, 5) is 16.2. The third-order valence-corrected chi connectivity index (χ3v) is 3.83. The van der Waals surface area contributed by atoms with Crippen molar-refractivity contribution in [2.45, 2.75) is 20.0 Å². The summed E-state index contributed by atoms with van der Waals surface area (Å²) in [6.07, 6.45) is 2.58. The molecule has 3 rings (SSSR count). The fourth-order valence-corrected chi connectivity index (χ4v) is 2.61. The Morgan fingerprint density at radius 1 is 1.08 bits per heavy atom. The van der Waals surface area contributed by atoms with E-state index < -0.39 is 5.97 Å². The average Bonchev–Trinajstić information content (AvgIpc) is 3.03. The van der Waals surface area contributed by atoms with Gasteiger partial charge in [0.1, 0.15) is 6.61 Å². The highest BCUT2D eigenvalue weighted by molar-refractivity contribution is 5.86. The third-order valence-electron chi connectivity index (χ3n) is 3.83. The van der Waals surface area contributed by atoms with Crippen LogP contribution in [0.25, 0.3) is 5.69 Å². The van der Waals surface area contributed by atoms with E-state index in [0.717, 1.165) is 17.8 Å². The molecule has 4 heteroatoms. The molecule has 0 radical (unpaired) electrons. The SMILES string of the molecule is C=C(C)C(=O)OCc1ncc(Cc2ccccc2)n1-c1ccccc1. The molecule has 1 heterocycles. The summed E-state index contributed by atoms with van der Waals surface area (Å²) < 4.78 is 7.33. The van der Waals surface area contributed by atoms with Gasteiger partial charge in [-0.15, -0.1) is 0 Å². The van der Waals surface area contributed by atoms with Crippen LogP contribution in [0.2, 0.25) is 0 Å². The van der Waals surface area contributed by atoms with Crippen molar-refractivity contribution < 1.29 is 9.53 Å². The van der Waals surface area contributed by atoms with Crippen molar-refractivity contribution in [1.82, 2.24) is 9.55 Å². The molecule has 4 nitrogen and oxygen atoms in total. The molecule has 0 aliphatic carbocycles. The molecule has 0 unspecified atom stereocenters. The normalized spacial score (nSPS) is 10.4. The zero-order valence-corrected chi connectivity index (χ0v) is 14.2. The molecule has 0 saturated carbocycles. The molecule has 2 aromatic carbocycles. The summed E-state index contributed by atoms with van der Waals surface area (Å²) >= 11 is 0. The second-order valence-electron chi connectivity index (χ2n) is 5.86. The highest BCUT2D eigenvalue weighted by Crippen LogP contribution is 2.19. The highest BCUT2D eigenvalue weighted by atomic mass is 16.5. The summed E-state index contributed by atoms with van der Waals surface area (Å²) in [5.41, 5.74) is 3.61. The lowest BCUT2D eigenvalue weighted by Gasteiger charge is -2.12. The van der Waals surface area contributed by atoms with Crippen LogP contribution in [0, 0.1) is 0 Å². The van der Waals surface area contributed by atoms with Gasteiger partial charge in [-0.2, -0.15) is 0 Å². The molecule has 0 fully saturated rings. The van der Waals surface area contributed by atoms with Crippen molar-refractivity contribution >= 4 is 5.97 Å². The van der Waals surface area contributed by atoms with Gasteiger partial charge < -0.3 is 4.74 Å². The predicted molar refractivity (Wildman–Crippen MR) is 97.4 cm³/mol. The number of nitrogens with zero attached hydrogens (tertiary/aromatic N) is 2. The smallest absolute Gasteiger partial charge is 0.333 e. The second-order valence-corrected chi connectivity index (χ2v) is 5.86. The molecule has 0 aliphatic rings. The first-order chi connectivity index (χ1) is 12.1. The Balaban J connectivity index is 1.93. The fraction of sp³-hybridized carbons (Fsp3) is 0.143. The number of imidazole rings is 1. The van der Waals surface area contributed by atoms with Crippen LogP contribution in [0.4, 0.5) is 0 Å². The van der Waals surface area contributed by atoms with Gasteiger partial charge in [0.15, 0.2) is 5.82 Å². The van der Waals surface area contributed by atoms with Crippen molar-refractivity contribution in [2.75, 3.05) is 0 Å². The second kappa shape index (κ2) is 7.62. The summed E-state index contributed by atoms with van der Waals surface area (Å²) in [5, 5.41) is 0. The van der Waals surface area contributed by atoms with E-state index in [-0.39, 0.29) is 6.61 Å². The number of para-hydroxylation sites is 1. The molecular formula is C21H20N2O2. The third kappa shape index (κ3) is 4.04. The Morgan fingerprint density at radius 2 is 1.72 bits per heavy atom. The lowest BCUT2D eigenvalue weighted by atomic mass is 10.1. The molecule has 0 bridgehead atoms. The number of benzene rings is 2. The molecule has 3 aromatic rings. The quantitative estimate of drug-likeness (QED) is 0.504. The molecular weight excluding hydrogens is 312 g/mol. The predicted octanol–water partition coefficient (Wildman–Crippen LogP) is 4.08. The molecule has 0 aliphatic heterocycles. The van der Waals surface area contributed by atoms with Crippen molar-refractivity contribution in [1.29, 1.82) is 0 Å². The van der Waals surface area contributed by atoms with E-state index in [9.17, 15) is 4.79 Å². The van der Waals surface area contributed by atoms with E-state index in [4.69, 9.17) is 4.74 Å². The average molecular weight is 332 g/mol. The number of hydrogen-bond donors (Lipinski definition) is 0. The van der Waals surface area contributed by atoms with Gasteiger partial charge in [-0.1, -0.05) is 55.1 Å². The van der Waals surface area contributed by atoms with E-state index in [0.29, 0.717) is 11.4 Å². The molecule has 25 heavy (non-hydrogen) atoms. The Hall–Kier alpha value is -3.14. The summed E-state index contributed by atoms with van der Waals surface area (Å²) in [7, 11) is 0. The molecule has 126 valence electrons. The largest absolute Gasteiger partial charge is 0.454 e. The molecule has 0 atom stereocenters. The van der Waals surface area contributed by atoms with Crippen LogP contribution in [0.15, 0.2) is 79.0 Å². The van der Waals surface area contributed by atoms with Gasteiger partial charge in [0.05, 0.1) is 0 Å². The van der Waals surface area contributed by atoms with Crippen molar-refractivity contribution in [3.05, 3.63) is 96.1 Å². The molecule has 1 aromatic heterocycles. The first kappa shape index (κ1) is 16.7. The summed E-state index contributed by atoms with van der Waals surface area (Å²) in [5.74, 6) is 0.277. The van der Waals surface area contributed by atoms with Crippen LogP contribution in [-0.2, 0) is 22.6 Å². The van der Waals surface area contributed by atoms with Gasteiger partial charge in [-0.25, -0.2) is 9.78 Å². The zero-order valence-electron chi connectivity index (χ0n) is 14.2. The maximum atomic E-state index is 11.7. The van der Waals surface area contributed by atoms with Gasteiger partial charge in [0, 0.05) is 29.6 Å². The van der Waals surface area contributed by atoms with Gasteiger partial charge >= 0.3 is 5.97 Å². The van der Waals surface area contributed by atoms with Crippen LogP contribution in [-0.4, -0.2) is 15.5 Å². The van der Waals surface area contributed by atoms with E-state index in [1.54, 1.807) is 6.92 Å². The maximum absolute atomic E-state index is 11.7. The van der Waals surface area contributed by atoms with Crippen LogP contribution >= 0.6 is 0 Å². The first-order valence-corrected chi connectivity index (χ1v) is 8.12. The molecule has 0 saturated heterocycles. The summed E-state index contributed by atoms with van der Waals surface area (Å²) in [6, 6.07) is 20.2. The van der Waals surface area contributed by atoms with Crippen LogP contribution in [0.5, 0.6) is 0 Å². The Labute approximate surface area is 147 Å². The van der Waals surface area contributed by atoms with E-state index in [1.807, 2.05) is 59.3 Å². The van der Waals surface area contributed by atoms with Crippen LogP contribution in [0.1, 0.15) is 24.0 Å². The minimum atomic E-state index is -0.410. The lowest BCUT2D eigenvalue weighted by molar-refractivity contribution is -0.140. The van der Waals surface area contributed by atoms with E-state index in [1.165, 1.54) is 5.56 Å². The van der Waals surface area contributed by atoms with Gasteiger partial charge in [0.25, 0.3) is 0 Å². The van der Waals surface area contributed by atoms with Gasteiger partial charge in [0.2, 0.25) is 0 Å². The number of esters is 1. The number of carbonyl (C=O) groups is 1. The standard InChI is InChI=1S/C21H20N2O2/c1-16(2)21(24)25-15-20-22-14-19(13-17-9-5-3-6-10-17)23(20)18-11-7-4-8-12-18/h3-12,14H,1,13,15H2,2H3. The zero-order chi connectivity index (χ0) is 17.6. The monoisotopic (exact) mass is 332 g/mol. The number of rotatable bonds is 6. The molecule has 0 amide bonds. The highest BCUT2D eigenvalue weighted by Gasteiger charge is 2.14. The van der Waals surface area contributed by atoms with E-state index in [2.05, 4.69) is 23.7 Å². The minimum absolute atomic E-state index is 0.107. The topological polar surface area (TPSA) is 44.1 Å². The van der Waals surface area contributed by atoms with Crippen LogP contribution in [0.3, 0.4) is 0 Å². The fourth-order valence-electron chi connectivity index (χ4n) is 2.61. The Kier molecular flexibility index (Phi) is 5.09. The van der Waals surface area contributed by atoms with Crippen LogP contribution < -0.4 is 0 Å². The molecule has 0 spiro atoms.